The van der Waals surface area contributed by atoms with Gasteiger partial charge in [0.1, 0.15) is 0 Å². The van der Waals surface area contributed by atoms with Crippen LogP contribution in [-0.4, -0.2) is 56.7 Å². The molecule has 28 heavy (non-hydrogen) atoms. The first-order valence-corrected chi connectivity index (χ1v) is 9.79. The molecule has 2 aromatic heterocycles. The monoisotopic (exact) mass is 374 g/mol. The number of carbonyl (C=O) groups excluding carboxylic acids is 1. The van der Waals surface area contributed by atoms with E-state index in [0.29, 0.717) is 18.8 Å². The molecule has 0 saturated carbocycles. The smallest absolute Gasteiger partial charge is 0.274 e. The van der Waals surface area contributed by atoms with Gasteiger partial charge in [0.25, 0.3) is 5.91 Å². The minimum absolute atomic E-state index is 0.0430. The van der Waals surface area contributed by atoms with Crippen molar-refractivity contribution in [2.45, 2.75) is 19.3 Å². The standard InChI is InChI=1S/C21H22N6O/c28-20(25-12-14-26(15-13-25)21-22-10-5-11-23-21)19-17-8-4-9-18(17)27(24-19)16-6-2-1-3-7-16/h1-3,5-7,10-11H,4,8-9,12-15H2. The first kappa shape index (κ1) is 16.9. The van der Waals surface area contributed by atoms with Crippen LogP contribution in [0.1, 0.15) is 28.2 Å². The number of benzene rings is 1. The summed E-state index contributed by atoms with van der Waals surface area (Å²) >= 11 is 0. The second-order valence-electron chi connectivity index (χ2n) is 7.20. The number of amides is 1. The maximum atomic E-state index is 13.2. The van der Waals surface area contributed by atoms with E-state index in [0.717, 1.165) is 49.6 Å². The zero-order chi connectivity index (χ0) is 18.9. The Labute approximate surface area is 163 Å². The van der Waals surface area contributed by atoms with Crippen LogP contribution in [0.2, 0.25) is 0 Å². The third kappa shape index (κ3) is 2.93. The molecule has 3 heterocycles. The van der Waals surface area contributed by atoms with Gasteiger partial charge in [-0.2, -0.15) is 5.10 Å². The summed E-state index contributed by atoms with van der Waals surface area (Å²) in [5.41, 5.74) is 3.96. The predicted octanol–water partition coefficient (Wildman–Crippen LogP) is 2.11. The third-order valence-electron chi connectivity index (χ3n) is 5.54. The molecule has 5 rings (SSSR count). The number of rotatable bonds is 3. The summed E-state index contributed by atoms with van der Waals surface area (Å²) < 4.78 is 1.96. The van der Waals surface area contributed by atoms with Crippen LogP contribution in [0.25, 0.3) is 5.69 Å². The minimum Gasteiger partial charge on any atom is -0.337 e. The van der Waals surface area contributed by atoms with E-state index in [1.165, 1.54) is 5.69 Å². The number of aromatic nitrogens is 4. The maximum absolute atomic E-state index is 13.2. The molecule has 1 fully saturated rings. The number of para-hydroxylation sites is 1. The minimum atomic E-state index is 0.0430. The highest BCUT2D eigenvalue weighted by Gasteiger charge is 2.31. The Kier molecular flexibility index (Phi) is 4.27. The summed E-state index contributed by atoms with van der Waals surface area (Å²) in [6, 6.07) is 11.9. The lowest BCUT2D eigenvalue weighted by molar-refractivity contribution is 0.0738. The molecule has 1 aliphatic heterocycles. The van der Waals surface area contributed by atoms with Gasteiger partial charge >= 0.3 is 0 Å². The second-order valence-corrected chi connectivity index (χ2v) is 7.20. The number of piperazine rings is 1. The van der Waals surface area contributed by atoms with Crippen molar-refractivity contribution < 1.29 is 4.79 Å². The summed E-state index contributed by atoms with van der Waals surface area (Å²) in [6.07, 6.45) is 6.49. The van der Waals surface area contributed by atoms with Crippen molar-refractivity contribution in [1.82, 2.24) is 24.6 Å². The van der Waals surface area contributed by atoms with Crippen LogP contribution in [0.15, 0.2) is 48.8 Å². The molecule has 3 aromatic rings. The van der Waals surface area contributed by atoms with E-state index in [2.05, 4.69) is 14.9 Å². The van der Waals surface area contributed by atoms with Gasteiger partial charge in [-0.3, -0.25) is 4.79 Å². The Bertz CT molecular complexity index is 977. The molecular formula is C21H22N6O. The van der Waals surface area contributed by atoms with E-state index in [1.807, 2.05) is 46.0 Å². The first-order chi connectivity index (χ1) is 13.8. The van der Waals surface area contributed by atoms with Crippen molar-refractivity contribution in [3.05, 3.63) is 65.7 Å². The second kappa shape index (κ2) is 7.07. The molecule has 1 amide bonds. The largest absolute Gasteiger partial charge is 0.337 e. The van der Waals surface area contributed by atoms with Crippen LogP contribution >= 0.6 is 0 Å². The summed E-state index contributed by atoms with van der Waals surface area (Å²) in [5.74, 6) is 0.769. The highest BCUT2D eigenvalue weighted by Crippen LogP contribution is 2.28. The van der Waals surface area contributed by atoms with Gasteiger partial charge in [-0.05, 0) is 37.5 Å². The number of hydrogen-bond acceptors (Lipinski definition) is 5. The molecule has 0 spiro atoms. The quantitative estimate of drug-likeness (QED) is 0.702. The zero-order valence-corrected chi connectivity index (χ0v) is 15.7. The number of hydrogen-bond donors (Lipinski definition) is 0. The number of carbonyl (C=O) groups is 1. The molecule has 1 saturated heterocycles. The number of anilines is 1. The predicted molar refractivity (Wildman–Crippen MR) is 106 cm³/mol. The third-order valence-corrected chi connectivity index (χ3v) is 5.54. The molecule has 7 nitrogen and oxygen atoms in total. The molecule has 0 bridgehead atoms. The fourth-order valence-electron chi connectivity index (χ4n) is 4.11. The molecule has 0 atom stereocenters. The topological polar surface area (TPSA) is 67.2 Å². The van der Waals surface area contributed by atoms with Crippen LogP contribution in [0.4, 0.5) is 5.95 Å². The Morgan fingerprint density at radius 1 is 0.893 bits per heavy atom. The van der Waals surface area contributed by atoms with Gasteiger partial charge in [0.05, 0.1) is 5.69 Å². The normalized spacial score (nSPS) is 16.3. The molecular weight excluding hydrogens is 352 g/mol. The van der Waals surface area contributed by atoms with Crippen LogP contribution in [0.3, 0.4) is 0 Å². The Morgan fingerprint density at radius 2 is 1.64 bits per heavy atom. The lowest BCUT2D eigenvalue weighted by atomic mass is 10.1. The molecule has 0 N–H and O–H groups in total. The van der Waals surface area contributed by atoms with Crippen molar-refractivity contribution in [3.8, 4) is 5.69 Å². The summed E-state index contributed by atoms with van der Waals surface area (Å²) in [6.45, 7) is 2.78. The van der Waals surface area contributed by atoms with Crippen molar-refractivity contribution in [1.29, 1.82) is 0 Å². The Morgan fingerprint density at radius 3 is 2.39 bits per heavy atom. The zero-order valence-electron chi connectivity index (χ0n) is 15.7. The van der Waals surface area contributed by atoms with Crippen LogP contribution in [0.5, 0.6) is 0 Å². The Hall–Kier alpha value is -3.22. The van der Waals surface area contributed by atoms with Crippen LogP contribution in [-0.2, 0) is 12.8 Å². The molecule has 142 valence electrons. The highest BCUT2D eigenvalue weighted by molar-refractivity contribution is 5.94. The fraction of sp³-hybridized carbons (Fsp3) is 0.333. The van der Waals surface area contributed by atoms with Gasteiger partial charge in [-0.25, -0.2) is 14.6 Å². The molecule has 0 unspecified atom stereocenters. The average Bonchev–Trinajstić information content (AvgIpc) is 3.38. The maximum Gasteiger partial charge on any atom is 0.274 e. The van der Waals surface area contributed by atoms with E-state index < -0.39 is 0 Å². The van der Waals surface area contributed by atoms with Crippen molar-refractivity contribution in [2.75, 3.05) is 31.1 Å². The molecule has 1 aliphatic carbocycles. The average molecular weight is 374 g/mol. The van der Waals surface area contributed by atoms with Crippen LogP contribution in [0, 0.1) is 0 Å². The van der Waals surface area contributed by atoms with Gasteiger partial charge in [0, 0.05) is 49.8 Å². The lowest BCUT2D eigenvalue weighted by Crippen LogP contribution is -2.49. The van der Waals surface area contributed by atoms with Gasteiger partial charge in [0.15, 0.2) is 5.69 Å². The Balaban J connectivity index is 1.37. The van der Waals surface area contributed by atoms with E-state index in [-0.39, 0.29) is 5.91 Å². The molecule has 7 heteroatoms. The fourth-order valence-corrected chi connectivity index (χ4v) is 4.11. The summed E-state index contributed by atoms with van der Waals surface area (Å²) in [7, 11) is 0. The SMILES string of the molecule is O=C(c1nn(-c2ccccc2)c2c1CCC2)N1CCN(c2ncccn2)CC1. The van der Waals surface area contributed by atoms with Gasteiger partial charge < -0.3 is 9.80 Å². The van der Waals surface area contributed by atoms with Crippen LogP contribution < -0.4 is 4.90 Å². The first-order valence-electron chi connectivity index (χ1n) is 9.79. The van der Waals surface area contributed by atoms with Gasteiger partial charge in [-0.15, -0.1) is 0 Å². The van der Waals surface area contributed by atoms with E-state index in [9.17, 15) is 4.79 Å². The molecule has 1 aromatic carbocycles. The van der Waals surface area contributed by atoms with E-state index in [1.54, 1.807) is 12.4 Å². The lowest BCUT2D eigenvalue weighted by Gasteiger charge is -2.34. The van der Waals surface area contributed by atoms with E-state index in [4.69, 9.17) is 5.10 Å². The molecule has 2 aliphatic rings. The van der Waals surface area contributed by atoms with Crippen molar-refractivity contribution in [2.24, 2.45) is 0 Å². The van der Waals surface area contributed by atoms with Gasteiger partial charge in [-0.1, -0.05) is 18.2 Å². The van der Waals surface area contributed by atoms with Gasteiger partial charge in [0.2, 0.25) is 5.95 Å². The van der Waals surface area contributed by atoms with Crippen molar-refractivity contribution >= 4 is 11.9 Å². The van der Waals surface area contributed by atoms with E-state index >= 15 is 0 Å². The summed E-state index contributed by atoms with van der Waals surface area (Å²) in [5, 5.41) is 4.74. The highest BCUT2D eigenvalue weighted by atomic mass is 16.2. The number of fused-ring (bicyclic) bond motifs is 1. The molecule has 0 radical (unpaired) electrons. The van der Waals surface area contributed by atoms with Crippen molar-refractivity contribution in [3.63, 3.8) is 0 Å². The summed E-state index contributed by atoms with van der Waals surface area (Å²) in [4.78, 5) is 25.9. The number of nitrogens with zero attached hydrogens (tertiary/aromatic N) is 6.